The van der Waals surface area contributed by atoms with Crippen molar-refractivity contribution < 1.29 is 9.18 Å². The van der Waals surface area contributed by atoms with E-state index in [9.17, 15) is 9.18 Å². The van der Waals surface area contributed by atoms with E-state index >= 15 is 0 Å². The smallest absolute Gasteiger partial charge is 0.274 e. The van der Waals surface area contributed by atoms with Gasteiger partial charge in [-0.2, -0.15) is 0 Å². The molecule has 2 heterocycles. The minimum Gasteiger partial charge on any atom is -0.337 e. The fourth-order valence-electron chi connectivity index (χ4n) is 4.12. The van der Waals surface area contributed by atoms with Crippen LogP contribution in [0.15, 0.2) is 68.5 Å². The Morgan fingerprint density at radius 3 is 2.97 bits per heavy atom. The maximum Gasteiger partial charge on any atom is 0.274 e. The molecule has 5 rings (SSSR count). The number of rotatable bonds is 7. The molecule has 0 spiro atoms. The number of allylic oxidation sites excluding steroid dienone is 4. The molecule has 0 N–H and O–H groups in total. The number of benzene rings is 1. The monoisotopic (exact) mass is 511 g/mol. The first kappa shape index (κ1) is 21.5. The van der Waals surface area contributed by atoms with Crippen molar-refractivity contribution in [2.75, 3.05) is 13.1 Å². The number of hydrogen-bond acceptors (Lipinski definition) is 4. The maximum atomic E-state index is 13.8. The topological polar surface area (TPSA) is 45.6 Å². The second-order valence-electron chi connectivity index (χ2n) is 8.54. The normalized spacial score (nSPS) is 17.3. The number of halogens is 2. The first-order valence-electron chi connectivity index (χ1n) is 10.8. The number of aryl methyl sites for hydroxylation is 1. The van der Waals surface area contributed by atoms with Gasteiger partial charge in [0.1, 0.15) is 11.5 Å². The van der Waals surface area contributed by atoms with E-state index in [1.807, 2.05) is 36.2 Å². The summed E-state index contributed by atoms with van der Waals surface area (Å²) in [5, 5.41) is 0. The number of amides is 1. The van der Waals surface area contributed by atoms with Gasteiger partial charge in [-0.25, -0.2) is 9.37 Å². The summed E-state index contributed by atoms with van der Waals surface area (Å²) in [6, 6.07) is 8.16. The molecule has 1 aromatic heterocycles. The van der Waals surface area contributed by atoms with Gasteiger partial charge in [-0.05, 0) is 71.3 Å². The standard InChI is InChI=1S/C25H23BrFN3OS/c1-15-3-2-4-17(11-15)23-22(29-25(26)32-23)24(31)30(14-16-5-6-16)10-9-18-13-28-21-8-7-19(27)12-20(18)21/h2-4,7,11-13,16H,5-6,8-10,14H2,1H3. The van der Waals surface area contributed by atoms with Gasteiger partial charge in [0.05, 0.1) is 10.6 Å². The van der Waals surface area contributed by atoms with Crippen LogP contribution in [0.1, 0.15) is 41.7 Å². The quantitative estimate of drug-likeness (QED) is 0.417. The Bertz CT molecular complexity index is 1210. The van der Waals surface area contributed by atoms with E-state index in [0.717, 1.165) is 52.2 Å². The predicted octanol–water partition coefficient (Wildman–Crippen LogP) is 6.65. The third-order valence-electron chi connectivity index (χ3n) is 6.00. The molecule has 1 aliphatic heterocycles. The first-order chi connectivity index (χ1) is 15.5. The van der Waals surface area contributed by atoms with E-state index in [4.69, 9.17) is 0 Å². The van der Waals surface area contributed by atoms with Gasteiger partial charge in [0.15, 0.2) is 3.92 Å². The summed E-state index contributed by atoms with van der Waals surface area (Å²) in [4.78, 5) is 25.5. The van der Waals surface area contributed by atoms with Crippen LogP contribution >= 0.6 is 27.3 Å². The number of aliphatic imine (C=N–C) groups is 1. The van der Waals surface area contributed by atoms with Gasteiger partial charge in [-0.3, -0.25) is 9.79 Å². The van der Waals surface area contributed by atoms with Crippen LogP contribution in [0.4, 0.5) is 4.39 Å². The Labute approximate surface area is 199 Å². The predicted molar refractivity (Wildman–Crippen MR) is 131 cm³/mol. The Hall–Kier alpha value is -2.38. The molecule has 0 atom stereocenters. The van der Waals surface area contributed by atoms with E-state index in [1.54, 1.807) is 12.2 Å². The summed E-state index contributed by atoms with van der Waals surface area (Å²) in [6.45, 7) is 3.34. The number of carbonyl (C=O) groups is 1. The van der Waals surface area contributed by atoms with Crippen LogP contribution < -0.4 is 0 Å². The molecule has 2 aliphatic carbocycles. The van der Waals surface area contributed by atoms with Crippen molar-refractivity contribution in [1.29, 1.82) is 0 Å². The molecule has 0 saturated heterocycles. The molecule has 1 amide bonds. The minimum atomic E-state index is -0.215. The highest BCUT2D eigenvalue weighted by Crippen LogP contribution is 2.36. The average Bonchev–Trinajstić information content (AvgIpc) is 3.38. The highest BCUT2D eigenvalue weighted by atomic mass is 79.9. The highest BCUT2D eigenvalue weighted by molar-refractivity contribution is 9.11. The lowest BCUT2D eigenvalue weighted by atomic mass is 9.95. The zero-order valence-corrected chi connectivity index (χ0v) is 20.2. The Morgan fingerprint density at radius 2 is 2.19 bits per heavy atom. The van der Waals surface area contributed by atoms with Gasteiger partial charge in [0.2, 0.25) is 0 Å². The van der Waals surface area contributed by atoms with Crippen molar-refractivity contribution in [2.45, 2.75) is 32.6 Å². The summed E-state index contributed by atoms with van der Waals surface area (Å²) >= 11 is 4.97. The van der Waals surface area contributed by atoms with Crippen molar-refractivity contribution in [1.82, 2.24) is 9.88 Å². The molecule has 1 saturated carbocycles. The van der Waals surface area contributed by atoms with E-state index < -0.39 is 0 Å². The van der Waals surface area contributed by atoms with Crippen molar-refractivity contribution in [3.05, 3.63) is 74.8 Å². The molecule has 1 fully saturated rings. The molecule has 32 heavy (non-hydrogen) atoms. The van der Waals surface area contributed by atoms with Crippen molar-refractivity contribution in [3.8, 4) is 10.4 Å². The van der Waals surface area contributed by atoms with Crippen LogP contribution in [0.25, 0.3) is 10.4 Å². The van der Waals surface area contributed by atoms with Crippen LogP contribution in [0.3, 0.4) is 0 Å². The molecule has 0 radical (unpaired) electrons. The Morgan fingerprint density at radius 1 is 1.34 bits per heavy atom. The molecule has 0 bridgehead atoms. The van der Waals surface area contributed by atoms with Gasteiger partial charge < -0.3 is 4.90 Å². The zero-order valence-electron chi connectivity index (χ0n) is 17.8. The van der Waals surface area contributed by atoms with Crippen LogP contribution in [-0.4, -0.2) is 34.6 Å². The van der Waals surface area contributed by atoms with Crippen LogP contribution in [-0.2, 0) is 0 Å². The minimum absolute atomic E-state index is 0.0428. The fraction of sp³-hybridized carbons (Fsp3) is 0.320. The van der Waals surface area contributed by atoms with Crippen molar-refractivity contribution >= 4 is 38.9 Å². The fourth-order valence-corrected chi connectivity index (χ4v) is 5.57. The highest BCUT2D eigenvalue weighted by Gasteiger charge is 2.31. The van der Waals surface area contributed by atoms with Crippen LogP contribution in [0, 0.1) is 12.8 Å². The van der Waals surface area contributed by atoms with E-state index in [2.05, 4.69) is 32.0 Å². The molecule has 0 unspecified atom stereocenters. The maximum absolute atomic E-state index is 13.8. The van der Waals surface area contributed by atoms with E-state index in [-0.39, 0.29) is 11.7 Å². The third-order valence-corrected chi connectivity index (χ3v) is 7.56. The number of aromatic nitrogens is 1. The molecule has 4 nitrogen and oxygen atoms in total. The van der Waals surface area contributed by atoms with Gasteiger partial charge >= 0.3 is 0 Å². The second-order valence-corrected chi connectivity index (χ2v) is 10.8. The molecular formula is C25H23BrFN3OS. The van der Waals surface area contributed by atoms with Gasteiger partial charge in [-0.1, -0.05) is 29.8 Å². The molecule has 164 valence electrons. The summed E-state index contributed by atoms with van der Waals surface area (Å²) in [5.74, 6) is 0.300. The number of carbonyl (C=O) groups excluding carboxylic acids is 1. The molecule has 2 aromatic rings. The average molecular weight is 512 g/mol. The summed E-state index contributed by atoms with van der Waals surface area (Å²) in [7, 11) is 0. The van der Waals surface area contributed by atoms with Gasteiger partial charge in [0.25, 0.3) is 5.91 Å². The molecular weight excluding hydrogens is 489 g/mol. The largest absolute Gasteiger partial charge is 0.337 e. The molecule has 7 heteroatoms. The SMILES string of the molecule is Cc1cccc(-c2sc(Br)nc2C(=O)N(CCC2=CN=C3CC=C(F)C=C23)CC2CC2)c1. The Balaban J connectivity index is 1.38. The second kappa shape index (κ2) is 8.87. The van der Waals surface area contributed by atoms with Gasteiger partial charge in [-0.15, -0.1) is 11.3 Å². The lowest BCUT2D eigenvalue weighted by molar-refractivity contribution is 0.0745. The van der Waals surface area contributed by atoms with Crippen molar-refractivity contribution in [2.24, 2.45) is 10.9 Å². The summed E-state index contributed by atoms with van der Waals surface area (Å²) in [6.07, 6.45) is 8.42. The molecule has 3 aliphatic rings. The van der Waals surface area contributed by atoms with Gasteiger partial charge in [0, 0.05) is 31.3 Å². The number of nitrogens with zero attached hydrogens (tertiary/aromatic N) is 3. The molecule has 1 aromatic carbocycles. The van der Waals surface area contributed by atoms with E-state index in [1.165, 1.54) is 11.3 Å². The number of fused-ring (bicyclic) bond motifs is 1. The first-order valence-corrected chi connectivity index (χ1v) is 12.5. The lowest BCUT2D eigenvalue weighted by Crippen LogP contribution is -2.34. The van der Waals surface area contributed by atoms with Crippen LogP contribution in [0.5, 0.6) is 0 Å². The summed E-state index contributed by atoms with van der Waals surface area (Å²) < 4.78 is 14.5. The van der Waals surface area contributed by atoms with Crippen LogP contribution in [0.2, 0.25) is 0 Å². The third kappa shape index (κ3) is 4.55. The Kier molecular flexibility index (Phi) is 5.95. The summed E-state index contributed by atoms with van der Waals surface area (Å²) in [5.41, 5.74) is 5.43. The van der Waals surface area contributed by atoms with Crippen molar-refractivity contribution in [3.63, 3.8) is 0 Å². The zero-order chi connectivity index (χ0) is 22.2. The lowest BCUT2D eigenvalue weighted by Gasteiger charge is -2.23. The number of hydrogen-bond donors (Lipinski definition) is 0. The van der Waals surface area contributed by atoms with E-state index in [0.29, 0.717) is 34.9 Å². The number of thiazole rings is 1.